The van der Waals surface area contributed by atoms with E-state index in [4.69, 9.17) is 0 Å². The molecule has 0 N–H and O–H groups in total. The van der Waals surface area contributed by atoms with Crippen LogP contribution in [-0.4, -0.2) is 0 Å². The van der Waals surface area contributed by atoms with E-state index in [0.717, 1.165) is 12.0 Å². The van der Waals surface area contributed by atoms with Gasteiger partial charge >= 0.3 is 0 Å². The normalized spacial score (nSPS) is 9.08. The molecule has 0 saturated carbocycles. The predicted molar refractivity (Wildman–Crippen MR) is 65.6 cm³/mol. The second-order valence-electron chi connectivity index (χ2n) is 2.91. The quantitative estimate of drug-likeness (QED) is 0.440. The molecule has 0 spiro atoms. The highest BCUT2D eigenvalue weighted by molar-refractivity contribution is 14.1. The Morgan fingerprint density at radius 3 is 2.54 bits per heavy atom. The average molecular weight is 284 g/mol. The van der Waals surface area contributed by atoms with Gasteiger partial charge in [-0.3, -0.25) is 0 Å². The summed E-state index contributed by atoms with van der Waals surface area (Å²) >= 11 is 2.30. The third-order valence-electron chi connectivity index (χ3n) is 1.73. The lowest BCUT2D eigenvalue weighted by Crippen LogP contribution is -1.75. The molecule has 0 aliphatic rings. The van der Waals surface area contributed by atoms with Crippen LogP contribution in [0, 0.1) is 15.4 Å². The number of unbranched alkanes of at least 4 members (excludes halogenated alkanes) is 2. The lowest BCUT2D eigenvalue weighted by atomic mass is 10.2. The molecule has 68 valence electrons. The van der Waals surface area contributed by atoms with Crippen molar-refractivity contribution in [2.75, 3.05) is 0 Å². The van der Waals surface area contributed by atoms with Gasteiger partial charge in [0.05, 0.1) is 0 Å². The SMILES string of the molecule is CCCCC#Cc1ccc(I)cc1. The van der Waals surface area contributed by atoms with Crippen LogP contribution in [-0.2, 0) is 0 Å². The maximum absolute atomic E-state index is 3.17. The minimum absolute atomic E-state index is 1.02. The molecule has 1 heteroatoms. The van der Waals surface area contributed by atoms with Gasteiger partial charge in [0.15, 0.2) is 0 Å². The number of hydrogen-bond donors (Lipinski definition) is 0. The van der Waals surface area contributed by atoms with Gasteiger partial charge in [-0.25, -0.2) is 0 Å². The van der Waals surface area contributed by atoms with Crippen LogP contribution in [0.25, 0.3) is 0 Å². The number of rotatable bonds is 2. The van der Waals surface area contributed by atoms with Gasteiger partial charge in [0.25, 0.3) is 0 Å². The number of halogens is 1. The van der Waals surface area contributed by atoms with Gasteiger partial charge in [-0.1, -0.05) is 25.2 Å². The molecule has 0 unspecified atom stereocenters. The molecule has 0 nitrogen and oxygen atoms in total. The third-order valence-corrected chi connectivity index (χ3v) is 2.45. The lowest BCUT2D eigenvalue weighted by Gasteiger charge is -1.90. The lowest BCUT2D eigenvalue weighted by molar-refractivity contribution is 0.828. The van der Waals surface area contributed by atoms with Crippen molar-refractivity contribution < 1.29 is 0 Å². The summed E-state index contributed by atoms with van der Waals surface area (Å²) in [6.07, 6.45) is 3.45. The van der Waals surface area contributed by atoms with Crippen molar-refractivity contribution in [3.8, 4) is 11.8 Å². The fourth-order valence-electron chi connectivity index (χ4n) is 0.963. The van der Waals surface area contributed by atoms with Gasteiger partial charge in [0.2, 0.25) is 0 Å². The second-order valence-corrected chi connectivity index (χ2v) is 4.16. The molecule has 0 aliphatic heterocycles. The smallest absolute Gasteiger partial charge is 0.0245 e. The first-order valence-electron chi connectivity index (χ1n) is 4.57. The molecular formula is C12H13I. The number of hydrogen-bond acceptors (Lipinski definition) is 0. The Kier molecular flexibility index (Phi) is 4.92. The van der Waals surface area contributed by atoms with E-state index in [1.54, 1.807) is 0 Å². The van der Waals surface area contributed by atoms with Crippen molar-refractivity contribution in [1.82, 2.24) is 0 Å². The summed E-state index contributed by atoms with van der Waals surface area (Å²) in [6.45, 7) is 2.19. The molecule has 0 aromatic heterocycles. The Morgan fingerprint density at radius 1 is 1.23 bits per heavy atom. The van der Waals surface area contributed by atoms with Crippen molar-refractivity contribution in [3.05, 3.63) is 33.4 Å². The van der Waals surface area contributed by atoms with Gasteiger partial charge in [0.1, 0.15) is 0 Å². The number of benzene rings is 1. The Labute approximate surface area is 93.9 Å². The topological polar surface area (TPSA) is 0 Å². The molecule has 0 fully saturated rings. The van der Waals surface area contributed by atoms with Crippen LogP contribution in [0.2, 0.25) is 0 Å². The van der Waals surface area contributed by atoms with Gasteiger partial charge in [-0.15, -0.1) is 0 Å². The first-order valence-corrected chi connectivity index (χ1v) is 5.65. The second kappa shape index (κ2) is 6.04. The van der Waals surface area contributed by atoms with Crippen LogP contribution in [0.15, 0.2) is 24.3 Å². The van der Waals surface area contributed by atoms with E-state index in [2.05, 4.69) is 65.6 Å². The van der Waals surface area contributed by atoms with Crippen LogP contribution in [0.5, 0.6) is 0 Å². The minimum Gasteiger partial charge on any atom is -0.0979 e. The third kappa shape index (κ3) is 4.33. The first kappa shape index (κ1) is 10.6. The van der Waals surface area contributed by atoms with E-state index in [1.165, 1.54) is 16.4 Å². The summed E-state index contributed by atoms with van der Waals surface area (Å²) < 4.78 is 1.26. The maximum atomic E-state index is 3.17. The highest BCUT2D eigenvalue weighted by Gasteiger charge is 1.86. The zero-order valence-corrected chi connectivity index (χ0v) is 9.97. The molecular weight excluding hydrogens is 271 g/mol. The van der Waals surface area contributed by atoms with Crippen molar-refractivity contribution >= 4 is 22.6 Å². The maximum Gasteiger partial charge on any atom is 0.0245 e. The molecule has 1 aromatic carbocycles. The first-order chi connectivity index (χ1) is 6.33. The Morgan fingerprint density at radius 2 is 1.92 bits per heavy atom. The van der Waals surface area contributed by atoms with Crippen molar-refractivity contribution in [3.63, 3.8) is 0 Å². The van der Waals surface area contributed by atoms with Gasteiger partial charge in [0, 0.05) is 15.6 Å². The molecule has 0 radical (unpaired) electrons. The summed E-state index contributed by atoms with van der Waals surface area (Å²) in [6, 6.07) is 8.32. The van der Waals surface area contributed by atoms with Gasteiger partial charge in [-0.05, 0) is 53.3 Å². The van der Waals surface area contributed by atoms with E-state index in [-0.39, 0.29) is 0 Å². The van der Waals surface area contributed by atoms with Crippen molar-refractivity contribution in [2.24, 2.45) is 0 Å². The monoisotopic (exact) mass is 284 g/mol. The molecule has 0 amide bonds. The van der Waals surface area contributed by atoms with E-state index in [9.17, 15) is 0 Å². The van der Waals surface area contributed by atoms with E-state index >= 15 is 0 Å². The summed E-state index contributed by atoms with van der Waals surface area (Å²) in [5, 5.41) is 0. The van der Waals surface area contributed by atoms with E-state index in [0.29, 0.717) is 0 Å². The van der Waals surface area contributed by atoms with Crippen LogP contribution in [0.1, 0.15) is 31.7 Å². The minimum atomic E-state index is 1.02. The summed E-state index contributed by atoms with van der Waals surface area (Å²) in [4.78, 5) is 0. The van der Waals surface area contributed by atoms with Crippen molar-refractivity contribution in [1.29, 1.82) is 0 Å². The molecule has 0 saturated heterocycles. The van der Waals surface area contributed by atoms with Gasteiger partial charge in [-0.2, -0.15) is 0 Å². The Bertz CT molecular complexity index is 300. The summed E-state index contributed by atoms with van der Waals surface area (Å²) in [5.74, 6) is 6.32. The van der Waals surface area contributed by atoms with E-state index in [1.807, 2.05) is 0 Å². The molecule has 0 heterocycles. The van der Waals surface area contributed by atoms with E-state index < -0.39 is 0 Å². The van der Waals surface area contributed by atoms with Gasteiger partial charge < -0.3 is 0 Å². The fraction of sp³-hybridized carbons (Fsp3) is 0.333. The highest BCUT2D eigenvalue weighted by atomic mass is 127. The Balaban J connectivity index is 2.52. The zero-order valence-electron chi connectivity index (χ0n) is 7.81. The molecule has 0 aliphatic carbocycles. The standard InChI is InChI=1S/C12H13I/c1-2-3-4-5-6-11-7-9-12(13)10-8-11/h7-10H,2-4H2,1H3. The predicted octanol–water partition coefficient (Wildman–Crippen LogP) is 3.83. The molecule has 1 aromatic rings. The van der Waals surface area contributed by atoms with Crippen LogP contribution < -0.4 is 0 Å². The van der Waals surface area contributed by atoms with Crippen LogP contribution >= 0.6 is 22.6 Å². The average Bonchev–Trinajstić information content (AvgIpc) is 2.15. The highest BCUT2D eigenvalue weighted by Crippen LogP contribution is 2.05. The molecule has 13 heavy (non-hydrogen) atoms. The Hall–Kier alpha value is -0.490. The molecule has 0 bridgehead atoms. The molecule has 1 rings (SSSR count). The largest absolute Gasteiger partial charge is 0.0979 e. The summed E-state index contributed by atoms with van der Waals surface area (Å²) in [7, 11) is 0. The van der Waals surface area contributed by atoms with Crippen LogP contribution in [0.3, 0.4) is 0 Å². The fourth-order valence-corrected chi connectivity index (χ4v) is 1.32. The van der Waals surface area contributed by atoms with Crippen LogP contribution in [0.4, 0.5) is 0 Å². The molecule has 0 atom stereocenters. The zero-order chi connectivity index (χ0) is 9.52. The summed E-state index contributed by atoms with van der Waals surface area (Å²) in [5.41, 5.74) is 1.12. The van der Waals surface area contributed by atoms with Crippen molar-refractivity contribution in [2.45, 2.75) is 26.2 Å².